The van der Waals surface area contributed by atoms with Crippen LogP contribution in [-0.4, -0.2) is 50.5 Å². The van der Waals surface area contributed by atoms with Gasteiger partial charge in [-0.3, -0.25) is 13.9 Å². The summed E-state index contributed by atoms with van der Waals surface area (Å²) in [5, 5.41) is 2.79. The first-order valence-electron chi connectivity index (χ1n) is 11.3. The maximum atomic E-state index is 13.5. The van der Waals surface area contributed by atoms with Gasteiger partial charge in [-0.05, 0) is 42.5 Å². The highest BCUT2D eigenvalue weighted by Gasteiger charge is 2.31. The van der Waals surface area contributed by atoms with Crippen molar-refractivity contribution >= 4 is 27.5 Å². The molecule has 0 radical (unpaired) electrons. The van der Waals surface area contributed by atoms with Gasteiger partial charge in [0.05, 0.1) is 11.9 Å². The van der Waals surface area contributed by atoms with Crippen molar-refractivity contribution in [2.24, 2.45) is 0 Å². The van der Waals surface area contributed by atoms with Crippen molar-refractivity contribution < 1.29 is 18.0 Å². The Labute approximate surface area is 197 Å². The lowest BCUT2D eigenvalue weighted by molar-refractivity contribution is -0.140. The van der Waals surface area contributed by atoms with Gasteiger partial charge < -0.3 is 10.2 Å². The molecule has 33 heavy (non-hydrogen) atoms. The lowest BCUT2D eigenvalue weighted by Gasteiger charge is -2.32. The summed E-state index contributed by atoms with van der Waals surface area (Å²) < 4.78 is 26.3. The van der Waals surface area contributed by atoms with Crippen LogP contribution in [0.15, 0.2) is 54.6 Å². The van der Waals surface area contributed by atoms with Crippen LogP contribution >= 0.6 is 0 Å². The molecule has 8 heteroatoms. The molecule has 0 saturated heterocycles. The zero-order valence-electron chi connectivity index (χ0n) is 20.1. The van der Waals surface area contributed by atoms with Crippen LogP contribution < -0.4 is 9.62 Å². The number of sulfonamides is 1. The summed E-state index contributed by atoms with van der Waals surface area (Å²) >= 11 is 0. The van der Waals surface area contributed by atoms with Crippen molar-refractivity contribution in [1.29, 1.82) is 0 Å². The quantitative estimate of drug-likeness (QED) is 0.541. The third-order valence-corrected chi connectivity index (χ3v) is 6.60. The van der Waals surface area contributed by atoms with E-state index < -0.39 is 22.0 Å². The largest absolute Gasteiger partial charge is 0.355 e. The smallest absolute Gasteiger partial charge is 0.244 e. The van der Waals surface area contributed by atoms with Gasteiger partial charge in [-0.25, -0.2) is 8.42 Å². The van der Waals surface area contributed by atoms with E-state index >= 15 is 0 Å². The first-order valence-corrected chi connectivity index (χ1v) is 13.1. The van der Waals surface area contributed by atoms with E-state index in [1.807, 2.05) is 56.3 Å². The first kappa shape index (κ1) is 26.4. The second kappa shape index (κ2) is 11.8. The number of anilines is 1. The van der Waals surface area contributed by atoms with Gasteiger partial charge in [-0.15, -0.1) is 0 Å². The van der Waals surface area contributed by atoms with Crippen LogP contribution in [0.3, 0.4) is 0 Å². The van der Waals surface area contributed by atoms with E-state index in [0.717, 1.165) is 21.7 Å². The van der Waals surface area contributed by atoms with Crippen molar-refractivity contribution in [1.82, 2.24) is 10.2 Å². The lowest BCUT2D eigenvalue weighted by Crippen LogP contribution is -2.52. The minimum Gasteiger partial charge on any atom is -0.355 e. The second-order valence-electron chi connectivity index (χ2n) is 8.34. The Hall–Kier alpha value is -2.87. The van der Waals surface area contributed by atoms with E-state index in [-0.39, 0.29) is 19.0 Å². The van der Waals surface area contributed by atoms with E-state index in [9.17, 15) is 18.0 Å². The standard InChI is InChI=1S/C25H35N3O4S/c1-6-23(25(30)26-7-2)27(17-20-11-9-8-10-12-20)24(29)18-28(33(5,31)32)22-15-13-21(14-16-22)19(3)4/h8-16,19,23H,6-7,17-18H2,1-5H3,(H,26,30)/t23-/m0/s1. The van der Waals surface area contributed by atoms with Crippen molar-refractivity contribution in [3.8, 4) is 0 Å². The van der Waals surface area contributed by atoms with Crippen molar-refractivity contribution in [2.45, 2.75) is 52.6 Å². The maximum Gasteiger partial charge on any atom is 0.244 e. The number of likely N-dealkylation sites (N-methyl/N-ethyl adjacent to an activating group) is 1. The molecule has 2 amide bonds. The fourth-order valence-electron chi connectivity index (χ4n) is 3.63. The Bertz CT molecular complexity index is 1020. The molecule has 0 unspecified atom stereocenters. The zero-order chi connectivity index (χ0) is 24.6. The third-order valence-electron chi connectivity index (χ3n) is 5.46. The van der Waals surface area contributed by atoms with Crippen molar-refractivity contribution in [2.75, 3.05) is 23.7 Å². The third kappa shape index (κ3) is 7.32. The molecule has 0 aliphatic rings. The van der Waals surface area contributed by atoms with Gasteiger partial charge in [0, 0.05) is 13.1 Å². The Morgan fingerprint density at radius 2 is 1.58 bits per heavy atom. The van der Waals surface area contributed by atoms with Crippen LogP contribution in [-0.2, 0) is 26.2 Å². The first-order chi connectivity index (χ1) is 15.6. The molecule has 0 aliphatic carbocycles. The Kier molecular flexibility index (Phi) is 9.46. The predicted molar refractivity (Wildman–Crippen MR) is 132 cm³/mol. The molecule has 0 bridgehead atoms. The van der Waals surface area contributed by atoms with Gasteiger partial charge in [-0.1, -0.05) is 63.2 Å². The highest BCUT2D eigenvalue weighted by atomic mass is 32.2. The van der Waals surface area contributed by atoms with Gasteiger partial charge in [0.1, 0.15) is 12.6 Å². The van der Waals surface area contributed by atoms with Crippen molar-refractivity contribution in [3.63, 3.8) is 0 Å². The maximum absolute atomic E-state index is 13.5. The Morgan fingerprint density at radius 1 is 0.970 bits per heavy atom. The molecule has 0 spiro atoms. The number of nitrogens with zero attached hydrogens (tertiary/aromatic N) is 2. The summed E-state index contributed by atoms with van der Waals surface area (Å²) in [5.41, 5.74) is 2.35. The lowest BCUT2D eigenvalue weighted by atomic mass is 10.0. The summed E-state index contributed by atoms with van der Waals surface area (Å²) in [4.78, 5) is 27.7. The van der Waals surface area contributed by atoms with Crippen molar-refractivity contribution in [3.05, 3.63) is 65.7 Å². The highest BCUT2D eigenvalue weighted by molar-refractivity contribution is 7.92. The number of benzene rings is 2. The molecule has 1 atom stereocenters. The summed E-state index contributed by atoms with van der Waals surface area (Å²) in [6.45, 7) is 8.04. The second-order valence-corrected chi connectivity index (χ2v) is 10.2. The van der Waals surface area contributed by atoms with Gasteiger partial charge >= 0.3 is 0 Å². The number of rotatable bonds is 11. The molecular formula is C25H35N3O4S. The Balaban J connectivity index is 2.39. The van der Waals surface area contributed by atoms with Gasteiger partial charge in [0.25, 0.3) is 0 Å². The van der Waals surface area contributed by atoms with Crippen LogP contribution in [0.25, 0.3) is 0 Å². The monoisotopic (exact) mass is 473 g/mol. The van der Waals surface area contributed by atoms with Crippen LogP contribution in [0.4, 0.5) is 5.69 Å². The highest BCUT2D eigenvalue weighted by Crippen LogP contribution is 2.23. The van der Waals surface area contributed by atoms with Gasteiger partial charge in [-0.2, -0.15) is 0 Å². The molecule has 2 aromatic rings. The van der Waals surface area contributed by atoms with E-state index in [2.05, 4.69) is 19.2 Å². The molecule has 7 nitrogen and oxygen atoms in total. The van der Waals surface area contributed by atoms with Crippen LogP contribution in [0.2, 0.25) is 0 Å². The number of hydrogen-bond donors (Lipinski definition) is 1. The molecule has 0 fully saturated rings. The fraction of sp³-hybridized carbons (Fsp3) is 0.440. The molecule has 1 N–H and O–H groups in total. The summed E-state index contributed by atoms with van der Waals surface area (Å²) in [6.07, 6.45) is 1.49. The number of amides is 2. The fourth-order valence-corrected chi connectivity index (χ4v) is 4.48. The number of nitrogens with one attached hydrogen (secondary N) is 1. The molecule has 2 rings (SSSR count). The summed E-state index contributed by atoms with van der Waals surface area (Å²) in [5.74, 6) is -0.386. The van der Waals surface area contributed by atoms with E-state index in [1.54, 1.807) is 12.1 Å². The molecule has 180 valence electrons. The van der Waals surface area contributed by atoms with E-state index in [1.165, 1.54) is 4.90 Å². The Morgan fingerprint density at radius 3 is 2.06 bits per heavy atom. The molecule has 0 heterocycles. The average molecular weight is 474 g/mol. The minimum absolute atomic E-state index is 0.208. The van der Waals surface area contributed by atoms with Crippen LogP contribution in [0.1, 0.15) is 51.2 Å². The molecule has 0 saturated carbocycles. The number of hydrogen-bond acceptors (Lipinski definition) is 4. The summed E-state index contributed by atoms with van der Waals surface area (Å²) in [7, 11) is -3.73. The number of carbonyl (C=O) groups is 2. The minimum atomic E-state index is -3.73. The molecule has 0 aromatic heterocycles. The SMILES string of the molecule is CCNC(=O)[C@H](CC)N(Cc1ccccc1)C(=O)CN(c1ccc(C(C)C)cc1)S(C)(=O)=O. The molecule has 2 aromatic carbocycles. The molecular weight excluding hydrogens is 438 g/mol. The number of carbonyl (C=O) groups excluding carboxylic acids is 2. The van der Waals surface area contributed by atoms with E-state index in [0.29, 0.717) is 24.6 Å². The summed E-state index contributed by atoms with van der Waals surface area (Å²) in [6, 6.07) is 15.8. The average Bonchev–Trinajstić information content (AvgIpc) is 2.77. The van der Waals surface area contributed by atoms with Gasteiger partial charge in [0.15, 0.2) is 0 Å². The van der Waals surface area contributed by atoms with Gasteiger partial charge in [0.2, 0.25) is 21.8 Å². The van der Waals surface area contributed by atoms with Crippen LogP contribution in [0.5, 0.6) is 0 Å². The van der Waals surface area contributed by atoms with Crippen LogP contribution in [0, 0.1) is 0 Å². The zero-order valence-corrected chi connectivity index (χ0v) is 20.9. The normalized spacial score (nSPS) is 12.3. The molecule has 0 aliphatic heterocycles. The topological polar surface area (TPSA) is 86.8 Å². The van der Waals surface area contributed by atoms with E-state index in [4.69, 9.17) is 0 Å². The predicted octanol–water partition coefficient (Wildman–Crippen LogP) is 3.52.